The topological polar surface area (TPSA) is 114 Å². The molecular formula is C34H28O9. The quantitative estimate of drug-likeness (QED) is 0.193. The molecule has 0 bridgehead atoms. The van der Waals surface area contributed by atoms with Gasteiger partial charge in [-0.25, -0.2) is 19.2 Å². The molecule has 1 heterocycles. The normalized spacial score (nSPS) is 20.9. The number of rotatable bonds is 9. The fourth-order valence-electron chi connectivity index (χ4n) is 4.58. The van der Waals surface area contributed by atoms with Gasteiger partial charge in [0.1, 0.15) is 12.7 Å². The molecule has 0 radical (unpaired) electrons. The van der Waals surface area contributed by atoms with Crippen molar-refractivity contribution in [1.29, 1.82) is 0 Å². The van der Waals surface area contributed by atoms with Crippen LogP contribution in [-0.2, 0) is 23.7 Å². The van der Waals surface area contributed by atoms with Crippen LogP contribution in [0.1, 0.15) is 48.4 Å². The minimum atomic E-state index is -1.86. The molecular weight excluding hydrogens is 552 g/mol. The molecule has 4 aromatic rings. The zero-order chi connectivity index (χ0) is 30.2. The van der Waals surface area contributed by atoms with E-state index in [9.17, 15) is 19.2 Å². The Morgan fingerprint density at radius 3 is 1.44 bits per heavy atom. The van der Waals surface area contributed by atoms with Crippen molar-refractivity contribution in [3.8, 4) is 0 Å². The molecule has 4 atom stereocenters. The minimum Gasteiger partial charge on any atom is -0.459 e. The first-order valence-electron chi connectivity index (χ1n) is 13.5. The molecule has 43 heavy (non-hydrogen) atoms. The van der Waals surface area contributed by atoms with Crippen molar-refractivity contribution in [3.63, 3.8) is 0 Å². The van der Waals surface area contributed by atoms with Crippen molar-refractivity contribution in [2.75, 3.05) is 6.61 Å². The molecule has 9 nitrogen and oxygen atoms in total. The van der Waals surface area contributed by atoms with E-state index in [0.717, 1.165) is 0 Å². The Kier molecular flexibility index (Phi) is 8.93. The summed E-state index contributed by atoms with van der Waals surface area (Å²) >= 11 is 0. The smallest absolute Gasteiger partial charge is 0.340 e. The van der Waals surface area contributed by atoms with Gasteiger partial charge in [-0.15, -0.1) is 0 Å². The van der Waals surface area contributed by atoms with Gasteiger partial charge in [-0.05, 0) is 55.5 Å². The summed E-state index contributed by atoms with van der Waals surface area (Å²) in [6.07, 6.45) is -4.07. The second-order valence-electron chi connectivity index (χ2n) is 9.87. The number of carbonyl (C=O) groups excluding carboxylic acids is 4. The third-order valence-electron chi connectivity index (χ3n) is 6.85. The lowest BCUT2D eigenvalue weighted by Crippen LogP contribution is -2.53. The van der Waals surface area contributed by atoms with Gasteiger partial charge in [0.05, 0.1) is 22.3 Å². The average Bonchev–Trinajstić information content (AvgIpc) is 3.30. The summed E-state index contributed by atoms with van der Waals surface area (Å²) in [5.41, 5.74) is -0.901. The predicted octanol–water partition coefficient (Wildman–Crippen LogP) is 5.27. The van der Waals surface area contributed by atoms with E-state index in [2.05, 4.69) is 0 Å². The SMILES string of the molecule is CC1(OC(=O)c2ccccc2)C(OC(=O)c2ccccc2)OC(COC(=O)c2ccccc2)C1OC(=O)c1ccccc1. The molecule has 1 fully saturated rings. The molecule has 1 aliphatic rings. The van der Waals surface area contributed by atoms with E-state index < -0.39 is 54.6 Å². The fourth-order valence-corrected chi connectivity index (χ4v) is 4.58. The summed E-state index contributed by atoms with van der Waals surface area (Å²) in [5, 5.41) is 0. The first-order valence-corrected chi connectivity index (χ1v) is 13.5. The van der Waals surface area contributed by atoms with Crippen LogP contribution in [0.25, 0.3) is 0 Å². The molecule has 4 unspecified atom stereocenters. The molecule has 5 rings (SSSR count). The van der Waals surface area contributed by atoms with E-state index in [1.54, 1.807) is 121 Å². The van der Waals surface area contributed by atoms with Crippen molar-refractivity contribution in [2.45, 2.75) is 31.0 Å². The summed E-state index contributed by atoms with van der Waals surface area (Å²) in [5.74, 6) is -2.92. The molecule has 9 heteroatoms. The minimum absolute atomic E-state index is 0.212. The van der Waals surface area contributed by atoms with Crippen LogP contribution in [-0.4, -0.2) is 54.6 Å². The standard InChI is InChI=1S/C34H28O9/c1-34(43-32(38)26-20-12-5-13-21-26)28(41-30(36)24-16-8-3-9-17-24)27(22-39-29(35)23-14-6-2-7-15-23)40-33(34)42-31(37)25-18-10-4-11-19-25/h2-21,27-28,33H,22H2,1H3. The van der Waals surface area contributed by atoms with Crippen LogP contribution in [0, 0.1) is 0 Å². The van der Waals surface area contributed by atoms with Gasteiger partial charge in [0.2, 0.25) is 11.9 Å². The summed E-state index contributed by atoms with van der Waals surface area (Å²) in [6.45, 7) is 1.04. The average molecular weight is 581 g/mol. The molecule has 0 aliphatic carbocycles. The number of carbonyl (C=O) groups is 4. The Morgan fingerprint density at radius 1 is 0.581 bits per heavy atom. The number of hydrogen-bond acceptors (Lipinski definition) is 9. The molecule has 0 spiro atoms. The maximum absolute atomic E-state index is 13.3. The summed E-state index contributed by atoms with van der Waals surface area (Å²) in [4.78, 5) is 52.5. The molecule has 218 valence electrons. The van der Waals surface area contributed by atoms with E-state index in [0.29, 0.717) is 5.56 Å². The summed E-state index contributed by atoms with van der Waals surface area (Å²) < 4.78 is 29.1. The maximum atomic E-state index is 13.3. The lowest BCUT2D eigenvalue weighted by molar-refractivity contribution is -0.175. The first kappa shape index (κ1) is 29.2. The molecule has 0 aromatic heterocycles. The highest BCUT2D eigenvalue weighted by Crippen LogP contribution is 2.39. The highest BCUT2D eigenvalue weighted by molar-refractivity contribution is 5.91. The summed E-state index contributed by atoms with van der Waals surface area (Å²) in [7, 11) is 0. The number of ether oxygens (including phenoxy) is 5. The fraction of sp³-hybridized carbons (Fsp3) is 0.176. The van der Waals surface area contributed by atoms with Crippen molar-refractivity contribution >= 4 is 23.9 Å². The van der Waals surface area contributed by atoms with E-state index >= 15 is 0 Å². The van der Waals surface area contributed by atoms with E-state index in [1.807, 2.05) is 0 Å². The van der Waals surface area contributed by atoms with Crippen LogP contribution in [0.5, 0.6) is 0 Å². The molecule has 1 aliphatic heterocycles. The van der Waals surface area contributed by atoms with Crippen LogP contribution in [0.4, 0.5) is 0 Å². The Hall–Kier alpha value is -5.28. The maximum Gasteiger partial charge on any atom is 0.340 e. The molecule has 1 saturated heterocycles. The van der Waals surface area contributed by atoms with Crippen LogP contribution in [0.3, 0.4) is 0 Å². The number of esters is 4. The lowest BCUT2D eigenvalue weighted by Gasteiger charge is -2.33. The zero-order valence-electron chi connectivity index (χ0n) is 23.2. The van der Waals surface area contributed by atoms with Gasteiger partial charge in [0.25, 0.3) is 0 Å². The van der Waals surface area contributed by atoms with Crippen molar-refractivity contribution in [3.05, 3.63) is 144 Å². The zero-order valence-corrected chi connectivity index (χ0v) is 23.2. The predicted molar refractivity (Wildman–Crippen MR) is 153 cm³/mol. The third kappa shape index (κ3) is 6.79. The molecule has 0 N–H and O–H groups in total. The van der Waals surface area contributed by atoms with Gasteiger partial charge >= 0.3 is 23.9 Å². The van der Waals surface area contributed by atoms with Gasteiger partial charge in [-0.2, -0.15) is 0 Å². The van der Waals surface area contributed by atoms with Crippen LogP contribution >= 0.6 is 0 Å². The highest BCUT2D eigenvalue weighted by atomic mass is 16.8. The molecule has 0 amide bonds. The molecule has 0 saturated carbocycles. The third-order valence-corrected chi connectivity index (χ3v) is 6.85. The second-order valence-corrected chi connectivity index (χ2v) is 9.87. The monoisotopic (exact) mass is 580 g/mol. The Bertz CT molecular complexity index is 1560. The van der Waals surface area contributed by atoms with Crippen molar-refractivity contribution in [2.24, 2.45) is 0 Å². The summed E-state index contributed by atoms with van der Waals surface area (Å²) in [6, 6.07) is 32.8. The number of benzene rings is 4. The van der Waals surface area contributed by atoms with Gasteiger partial charge in [0.15, 0.2) is 6.10 Å². The Balaban J connectivity index is 1.48. The van der Waals surface area contributed by atoms with E-state index in [-0.39, 0.29) is 16.7 Å². The van der Waals surface area contributed by atoms with Gasteiger partial charge in [0, 0.05) is 0 Å². The van der Waals surface area contributed by atoms with E-state index in [4.69, 9.17) is 23.7 Å². The van der Waals surface area contributed by atoms with Crippen molar-refractivity contribution in [1.82, 2.24) is 0 Å². The highest BCUT2D eigenvalue weighted by Gasteiger charge is 2.61. The van der Waals surface area contributed by atoms with Gasteiger partial charge in [-0.1, -0.05) is 72.8 Å². The van der Waals surface area contributed by atoms with Crippen molar-refractivity contribution < 1.29 is 42.9 Å². The Morgan fingerprint density at radius 2 is 0.977 bits per heavy atom. The second kappa shape index (κ2) is 13.1. The molecule has 4 aromatic carbocycles. The first-order chi connectivity index (χ1) is 20.8. The Labute approximate surface area is 247 Å². The van der Waals surface area contributed by atoms with Crippen LogP contribution < -0.4 is 0 Å². The number of hydrogen-bond donors (Lipinski definition) is 0. The van der Waals surface area contributed by atoms with Crippen LogP contribution in [0.2, 0.25) is 0 Å². The lowest BCUT2D eigenvalue weighted by atomic mass is 9.96. The van der Waals surface area contributed by atoms with Gasteiger partial charge in [-0.3, -0.25) is 0 Å². The van der Waals surface area contributed by atoms with Crippen LogP contribution in [0.15, 0.2) is 121 Å². The largest absolute Gasteiger partial charge is 0.459 e. The van der Waals surface area contributed by atoms with E-state index in [1.165, 1.54) is 6.92 Å². The van der Waals surface area contributed by atoms with Gasteiger partial charge < -0.3 is 23.7 Å².